The molecule has 0 radical (unpaired) electrons. The van der Waals surface area contributed by atoms with Gasteiger partial charge in [-0.1, -0.05) is 13.8 Å². The summed E-state index contributed by atoms with van der Waals surface area (Å²) in [5.41, 5.74) is 0. The maximum absolute atomic E-state index is 4.57. The number of hydrazone groups is 1. The van der Waals surface area contributed by atoms with Crippen molar-refractivity contribution in [1.82, 2.24) is 5.01 Å². The van der Waals surface area contributed by atoms with Gasteiger partial charge in [0.05, 0.1) is 0 Å². The monoisotopic (exact) mass is 196 g/mol. The van der Waals surface area contributed by atoms with E-state index in [0.29, 0.717) is 12.1 Å². The largest absolute Gasteiger partial charge is 0.292 e. The Labute approximate surface area is 88.4 Å². The second-order valence-electron chi connectivity index (χ2n) is 4.92. The molecule has 2 nitrogen and oxygen atoms in total. The van der Waals surface area contributed by atoms with Crippen LogP contribution in [0.4, 0.5) is 0 Å². The molecule has 82 valence electrons. The summed E-state index contributed by atoms with van der Waals surface area (Å²) in [6.45, 7) is 9.05. The molecule has 1 rings (SSSR count). The van der Waals surface area contributed by atoms with Gasteiger partial charge in [-0.2, -0.15) is 5.10 Å². The molecular weight excluding hydrogens is 172 g/mol. The van der Waals surface area contributed by atoms with Gasteiger partial charge in [0.15, 0.2) is 0 Å². The zero-order valence-electron chi connectivity index (χ0n) is 10.0. The summed E-state index contributed by atoms with van der Waals surface area (Å²) < 4.78 is 0. The third kappa shape index (κ3) is 3.32. The van der Waals surface area contributed by atoms with E-state index in [1.807, 2.05) is 0 Å². The van der Waals surface area contributed by atoms with E-state index in [-0.39, 0.29) is 0 Å². The Kier molecular flexibility index (Phi) is 4.43. The Morgan fingerprint density at radius 2 is 1.86 bits per heavy atom. The Morgan fingerprint density at radius 1 is 1.29 bits per heavy atom. The van der Waals surface area contributed by atoms with E-state index in [0.717, 1.165) is 12.3 Å². The van der Waals surface area contributed by atoms with E-state index in [9.17, 15) is 0 Å². The van der Waals surface area contributed by atoms with Crippen LogP contribution in [-0.4, -0.2) is 23.3 Å². The zero-order chi connectivity index (χ0) is 10.6. The highest BCUT2D eigenvalue weighted by Crippen LogP contribution is 2.23. The highest BCUT2D eigenvalue weighted by molar-refractivity contribution is 5.56. The van der Waals surface area contributed by atoms with Crippen LogP contribution in [0.2, 0.25) is 0 Å². The van der Waals surface area contributed by atoms with Crippen molar-refractivity contribution in [2.75, 3.05) is 0 Å². The van der Waals surface area contributed by atoms with Crippen molar-refractivity contribution in [3.63, 3.8) is 0 Å². The van der Waals surface area contributed by atoms with Crippen molar-refractivity contribution in [2.24, 2.45) is 11.0 Å². The molecule has 0 aromatic heterocycles. The molecule has 0 N–H and O–H groups in total. The van der Waals surface area contributed by atoms with Crippen LogP contribution in [0.25, 0.3) is 0 Å². The fourth-order valence-electron chi connectivity index (χ4n) is 1.97. The third-order valence-electron chi connectivity index (χ3n) is 2.99. The van der Waals surface area contributed by atoms with Crippen LogP contribution >= 0.6 is 0 Å². The molecule has 1 aliphatic rings. The molecule has 1 heterocycles. The van der Waals surface area contributed by atoms with Crippen LogP contribution < -0.4 is 0 Å². The van der Waals surface area contributed by atoms with E-state index >= 15 is 0 Å². The van der Waals surface area contributed by atoms with Crippen LogP contribution in [0.1, 0.15) is 53.4 Å². The lowest BCUT2D eigenvalue weighted by atomic mass is 10.1. The van der Waals surface area contributed by atoms with Crippen LogP contribution in [0, 0.1) is 5.92 Å². The minimum absolute atomic E-state index is 0.639. The van der Waals surface area contributed by atoms with Gasteiger partial charge in [-0.3, -0.25) is 5.01 Å². The van der Waals surface area contributed by atoms with Crippen molar-refractivity contribution in [3.8, 4) is 0 Å². The molecule has 0 amide bonds. The lowest BCUT2D eigenvalue weighted by Crippen LogP contribution is -2.27. The summed E-state index contributed by atoms with van der Waals surface area (Å²) in [7, 11) is 0. The fraction of sp³-hybridized carbons (Fsp3) is 0.917. The molecule has 14 heavy (non-hydrogen) atoms. The lowest BCUT2D eigenvalue weighted by Gasteiger charge is -2.22. The summed E-state index contributed by atoms with van der Waals surface area (Å²) in [5.74, 6) is 0.787. The lowest BCUT2D eigenvalue weighted by molar-refractivity contribution is 0.226. The first kappa shape index (κ1) is 11.5. The van der Waals surface area contributed by atoms with Crippen molar-refractivity contribution in [1.29, 1.82) is 0 Å². The summed E-state index contributed by atoms with van der Waals surface area (Å²) in [6.07, 6.45) is 7.05. The zero-order valence-corrected chi connectivity index (χ0v) is 10.0. The van der Waals surface area contributed by atoms with Crippen LogP contribution in [0.5, 0.6) is 0 Å². The van der Waals surface area contributed by atoms with Gasteiger partial charge in [-0.25, -0.2) is 0 Å². The van der Waals surface area contributed by atoms with Gasteiger partial charge in [0.25, 0.3) is 0 Å². The van der Waals surface area contributed by atoms with E-state index in [1.165, 1.54) is 19.3 Å². The molecule has 1 fully saturated rings. The summed E-state index contributed by atoms with van der Waals surface area (Å²) in [4.78, 5) is 0. The second kappa shape index (κ2) is 5.38. The molecule has 0 aromatic carbocycles. The standard InChI is InChI=1S/C12H24N2/c1-10(2)6-5-9-13-14-11(3)7-8-12(14)4/h9-12H,5-8H2,1-4H3/t11-,12-/m1/s1. The predicted octanol–water partition coefficient (Wildman–Crippen LogP) is 3.28. The van der Waals surface area contributed by atoms with Gasteiger partial charge >= 0.3 is 0 Å². The van der Waals surface area contributed by atoms with Crippen molar-refractivity contribution in [2.45, 2.75) is 65.5 Å². The van der Waals surface area contributed by atoms with Gasteiger partial charge in [0.2, 0.25) is 0 Å². The molecular formula is C12H24N2. The molecule has 0 bridgehead atoms. The molecule has 2 atom stereocenters. The van der Waals surface area contributed by atoms with E-state index in [4.69, 9.17) is 0 Å². The second-order valence-corrected chi connectivity index (χ2v) is 4.92. The van der Waals surface area contributed by atoms with Crippen LogP contribution in [-0.2, 0) is 0 Å². The minimum Gasteiger partial charge on any atom is -0.292 e. The van der Waals surface area contributed by atoms with Crippen molar-refractivity contribution < 1.29 is 0 Å². The first-order chi connectivity index (χ1) is 6.61. The first-order valence-electron chi connectivity index (χ1n) is 5.92. The molecule has 0 spiro atoms. The third-order valence-corrected chi connectivity index (χ3v) is 2.99. The van der Waals surface area contributed by atoms with Crippen LogP contribution in [0.3, 0.4) is 0 Å². The van der Waals surface area contributed by atoms with E-state index in [1.54, 1.807) is 0 Å². The SMILES string of the molecule is CC(C)CCC=NN1[C@H](C)CC[C@H]1C. The average molecular weight is 196 g/mol. The number of nitrogens with zero attached hydrogens (tertiary/aromatic N) is 2. The summed E-state index contributed by atoms with van der Waals surface area (Å²) in [6, 6.07) is 1.28. The summed E-state index contributed by atoms with van der Waals surface area (Å²) in [5, 5.41) is 6.83. The Balaban J connectivity index is 2.28. The van der Waals surface area contributed by atoms with E-state index in [2.05, 4.69) is 44.0 Å². The predicted molar refractivity (Wildman–Crippen MR) is 62.6 cm³/mol. The average Bonchev–Trinajstić information content (AvgIpc) is 2.42. The van der Waals surface area contributed by atoms with Gasteiger partial charge in [0, 0.05) is 18.3 Å². The van der Waals surface area contributed by atoms with E-state index < -0.39 is 0 Å². The molecule has 0 aliphatic carbocycles. The summed E-state index contributed by atoms with van der Waals surface area (Å²) >= 11 is 0. The smallest absolute Gasteiger partial charge is 0.0446 e. The Hall–Kier alpha value is -0.530. The molecule has 2 heteroatoms. The molecule has 1 aliphatic heterocycles. The first-order valence-corrected chi connectivity index (χ1v) is 5.92. The Bertz CT molecular complexity index is 177. The molecule has 0 saturated carbocycles. The number of rotatable bonds is 4. The van der Waals surface area contributed by atoms with Crippen molar-refractivity contribution >= 4 is 6.21 Å². The van der Waals surface area contributed by atoms with Gasteiger partial charge in [0.1, 0.15) is 0 Å². The molecule has 0 unspecified atom stereocenters. The maximum atomic E-state index is 4.57. The normalized spacial score (nSPS) is 28.2. The quantitative estimate of drug-likeness (QED) is 0.630. The van der Waals surface area contributed by atoms with Gasteiger partial charge in [-0.15, -0.1) is 0 Å². The topological polar surface area (TPSA) is 15.6 Å². The van der Waals surface area contributed by atoms with Crippen molar-refractivity contribution in [3.05, 3.63) is 0 Å². The number of hydrogen-bond acceptors (Lipinski definition) is 2. The Morgan fingerprint density at radius 3 is 2.36 bits per heavy atom. The molecule has 1 saturated heterocycles. The highest BCUT2D eigenvalue weighted by Gasteiger charge is 2.25. The highest BCUT2D eigenvalue weighted by atomic mass is 15.5. The van der Waals surface area contributed by atoms with Gasteiger partial charge < -0.3 is 0 Å². The van der Waals surface area contributed by atoms with Crippen LogP contribution in [0.15, 0.2) is 5.10 Å². The minimum atomic E-state index is 0.639. The molecule has 0 aromatic rings. The maximum Gasteiger partial charge on any atom is 0.0446 e. The van der Waals surface area contributed by atoms with Gasteiger partial charge in [-0.05, 0) is 45.4 Å². The fourth-order valence-corrected chi connectivity index (χ4v) is 1.97. The number of hydrogen-bond donors (Lipinski definition) is 0.